The molecule has 0 amide bonds. The van der Waals surface area contributed by atoms with E-state index in [0.717, 1.165) is 5.39 Å². The van der Waals surface area contributed by atoms with Gasteiger partial charge in [-0.05, 0) is 19.1 Å². The zero-order chi connectivity index (χ0) is 19.2. The van der Waals surface area contributed by atoms with Gasteiger partial charge in [0, 0.05) is 23.9 Å². The van der Waals surface area contributed by atoms with Gasteiger partial charge in [0.05, 0.1) is 30.3 Å². The topological polar surface area (TPSA) is 97.6 Å². The number of sulfonamides is 1. The second-order valence-corrected chi connectivity index (χ2v) is 8.49. The molecular formula is C18H20N4O4S. The van der Waals surface area contributed by atoms with E-state index in [1.54, 1.807) is 43.1 Å². The molecule has 1 unspecified atom stereocenters. The molecule has 1 aliphatic heterocycles. The van der Waals surface area contributed by atoms with Crippen LogP contribution >= 0.6 is 0 Å². The first kappa shape index (κ1) is 17.9. The first-order chi connectivity index (χ1) is 12.9. The summed E-state index contributed by atoms with van der Waals surface area (Å²) in [6.45, 7) is 2.23. The van der Waals surface area contributed by atoms with E-state index in [1.807, 2.05) is 18.2 Å². The number of ether oxygens (including phenoxy) is 1. The smallest absolute Gasteiger partial charge is 0.243 e. The molecule has 2 heterocycles. The van der Waals surface area contributed by atoms with Crippen molar-refractivity contribution in [2.45, 2.75) is 24.0 Å². The van der Waals surface area contributed by atoms with Crippen LogP contribution in [-0.2, 0) is 10.0 Å². The Morgan fingerprint density at radius 2 is 1.89 bits per heavy atom. The lowest BCUT2D eigenvalue weighted by atomic mass is 10.1. The number of aliphatic hydroxyl groups is 1. The number of fused-ring (bicyclic) bond motifs is 1. The molecule has 27 heavy (non-hydrogen) atoms. The van der Waals surface area contributed by atoms with Crippen molar-refractivity contribution >= 4 is 20.8 Å². The Hall–Kier alpha value is -2.49. The van der Waals surface area contributed by atoms with Gasteiger partial charge in [-0.25, -0.2) is 13.1 Å². The van der Waals surface area contributed by atoms with Crippen molar-refractivity contribution in [3.8, 4) is 5.75 Å². The van der Waals surface area contributed by atoms with Gasteiger partial charge in [0.1, 0.15) is 11.4 Å². The number of methoxy groups -OCH3 is 1. The Bertz CT molecular complexity index is 1090. The Kier molecular flexibility index (Phi) is 4.37. The molecule has 0 bridgehead atoms. The maximum Gasteiger partial charge on any atom is 0.243 e. The van der Waals surface area contributed by atoms with Gasteiger partial charge in [-0.3, -0.25) is 0 Å². The second kappa shape index (κ2) is 6.59. The molecule has 1 saturated heterocycles. The number of hydrogen-bond acceptors (Lipinski definition) is 6. The lowest BCUT2D eigenvalue weighted by molar-refractivity contribution is 0.187. The summed E-state index contributed by atoms with van der Waals surface area (Å²) < 4.78 is 34.6. The van der Waals surface area contributed by atoms with Gasteiger partial charge in [-0.1, -0.05) is 29.5 Å². The molecule has 142 valence electrons. The fourth-order valence-electron chi connectivity index (χ4n) is 3.23. The van der Waals surface area contributed by atoms with Crippen molar-refractivity contribution in [1.29, 1.82) is 0 Å². The number of nitrogens with zero attached hydrogens (tertiary/aromatic N) is 4. The average molecular weight is 388 g/mol. The van der Waals surface area contributed by atoms with Crippen molar-refractivity contribution in [3.63, 3.8) is 0 Å². The van der Waals surface area contributed by atoms with E-state index in [-0.39, 0.29) is 10.9 Å². The number of hydrogen-bond donors (Lipinski definition) is 1. The summed E-state index contributed by atoms with van der Waals surface area (Å²) in [6.07, 6.45) is 0.951. The van der Waals surface area contributed by atoms with Crippen LogP contribution < -0.4 is 4.74 Å². The Balaban J connectivity index is 1.61. The molecule has 1 aromatic heterocycles. The fourth-order valence-corrected chi connectivity index (χ4v) is 4.94. The molecule has 8 nitrogen and oxygen atoms in total. The molecule has 0 radical (unpaired) electrons. The zero-order valence-electron chi connectivity index (χ0n) is 15.0. The van der Waals surface area contributed by atoms with Crippen LogP contribution in [0.15, 0.2) is 47.5 Å². The molecule has 1 fully saturated rings. The molecule has 1 aliphatic rings. The number of benzene rings is 2. The zero-order valence-corrected chi connectivity index (χ0v) is 15.8. The minimum atomic E-state index is -3.64. The maximum atomic E-state index is 13.1. The van der Waals surface area contributed by atoms with Crippen LogP contribution in [0.25, 0.3) is 10.8 Å². The third-order valence-corrected chi connectivity index (χ3v) is 6.73. The Labute approximate surface area is 157 Å². The van der Waals surface area contributed by atoms with Crippen LogP contribution in [-0.4, -0.2) is 53.0 Å². The highest BCUT2D eigenvalue weighted by molar-refractivity contribution is 7.89. The van der Waals surface area contributed by atoms with Gasteiger partial charge in [0.2, 0.25) is 10.0 Å². The summed E-state index contributed by atoms with van der Waals surface area (Å²) in [5.41, 5.74) is 0.470. The largest absolute Gasteiger partial charge is 0.496 e. The predicted octanol–water partition coefficient (Wildman–Crippen LogP) is 1.74. The van der Waals surface area contributed by atoms with Crippen LogP contribution in [0.2, 0.25) is 0 Å². The molecule has 0 aliphatic carbocycles. The van der Waals surface area contributed by atoms with Crippen LogP contribution in [0.4, 0.5) is 0 Å². The highest BCUT2D eigenvalue weighted by atomic mass is 32.2. The van der Waals surface area contributed by atoms with Crippen molar-refractivity contribution in [3.05, 3.63) is 48.3 Å². The molecule has 3 aromatic rings. The van der Waals surface area contributed by atoms with Gasteiger partial charge in [0.25, 0.3) is 0 Å². The quantitative estimate of drug-likeness (QED) is 0.715. The standard InChI is InChI=1S/C18H20N4O4S/c1-12(23)16-11-22(20-19-16)13-9-21(10-13)27(24,25)18-8-7-17(26-2)14-5-3-4-6-15(14)18/h3-8,11-13,23H,9-10H2,1-2H3. The van der Waals surface area contributed by atoms with E-state index in [0.29, 0.717) is 29.9 Å². The van der Waals surface area contributed by atoms with E-state index in [9.17, 15) is 13.5 Å². The molecule has 0 saturated carbocycles. The summed E-state index contributed by atoms with van der Waals surface area (Å²) in [7, 11) is -2.07. The molecule has 9 heteroatoms. The van der Waals surface area contributed by atoms with Crippen LogP contribution in [0, 0.1) is 0 Å². The highest BCUT2D eigenvalue weighted by Crippen LogP contribution is 2.35. The molecule has 2 aromatic carbocycles. The Morgan fingerprint density at radius 1 is 1.19 bits per heavy atom. The predicted molar refractivity (Wildman–Crippen MR) is 99.0 cm³/mol. The molecule has 1 atom stereocenters. The second-order valence-electron chi connectivity index (χ2n) is 6.59. The van der Waals surface area contributed by atoms with Gasteiger partial charge >= 0.3 is 0 Å². The van der Waals surface area contributed by atoms with Gasteiger partial charge in [0.15, 0.2) is 0 Å². The van der Waals surface area contributed by atoms with Gasteiger partial charge in [-0.2, -0.15) is 4.31 Å². The van der Waals surface area contributed by atoms with Crippen molar-refractivity contribution in [2.75, 3.05) is 20.2 Å². The summed E-state index contributed by atoms with van der Waals surface area (Å²) in [4.78, 5) is 0.264. The van der Waals surface area contributed by atoms with Crippen LogP contribution in [0.3, 0.4) is 0 Å². The first-order valence-electron chi connectivity index (χ1n) is 8.57. The van der Waals surface area contributed by atoms with E-state index in [2.05, 4.69) is 10.3 Å². The van der Waals surface area contributed by atoms with Crippen LogP contribution in [0.1, 0.15) is 24.8 Å². The molecule has 0 spiro atoms. The molecule has 1 N–H and O–H groups in total. The highest BCUT2D eigenvalue weighted by Gasteiger charge is 2.39. The third kappa shape index (κ3) is 2.97. The van der Waals surface area contributed by atoms with Crippen molar-refractivity contribution in [1.82, 2.24) is 19.3 Å². The Morgan fingerprint density at radius 3 is 2.52 bits per heavy atom. The molecule has 4 rings (SSSR count). The lowest BCUT2D eigenvalue weighted by Crippen LogP contribution is -2.50. The average Bonchev–Trinajstić information content (AvgIpc) is 3.09. The van der Waals surface area contributed by atoms with Crippen molar-refractivity contribution in [2.24, 2.45) is 0 Å². The van der Waals surface area contributed by atoms with Crippen molar-refractivity contribution < 1.29 is 18.3 Å². The maximum absolute atomic E-state index is 13.1. The SMILES string of the molecule is COc1ccc(S(=O)(=O)N2CC(n3cc(C(C)O)nn3)C2)c2ccccc12. The minimum Gasteiger partial charge on any atom is -0.496 e. The number of rotatable bonds is 5. The lowest BCUT2D eigenvalue weighted by Gasteiger charge is -2.37. The number of aromatic nitrogens is 3. The summed E-state index contributed by atoms with van der Waals surface area (Å²) in [6, 6.07) is 10.5. The van der Waals surface area contributed by atoms with Gasteiger partial charge < -0.3 is 9.84 Å². The fraction of sp³-hybridized carbons (Fsp3) is 0.333. The summed E-state index contributed by atoms with van der Waals surface area (Å²) in [5.74, 6) is 0.638. The summed E-state index contributed by atoms with van der Waals surface area (Å²) >= 11 is 0. The monoisotopic (exact) mass is 388 g/mol. The minimum absolute atomic E-state index is 0.0933. The first-order valence-corrected chi connectivity index (χ1v) is 10.0. The van der Waals surface area contributed by atoms with E-state index < -0.39 is 16.1 Å². The number of aliphatic hydroxyl groups excluding tert-OH is 1. The summed E-state index contributed by atoms with van der Waals surface area (Å²) in [5, 5.41) is 18.8. The van der Waals surface area contributed by atoms with E-state index >= 15 is 0 Å². The van der Waals surface area contributed by atoms with Gasteiger partial charge in [-0.15, -0.1) is 5.10 Å². The van der Waals surface area contributed by atoms with E-state index in [4.69, 9.17) is 4.74 Å². The third-order valence-electron chi connectivity index (χ3n) is 4.84. The van der Waals surface area contributed by atoms with E-state index in [1.165, 1.54) is 4.31 Å². The van der Waals surface area contributed by atoms with Crippen LogP contribution in [0.5, 0.6) is 5.75 Å². The molecular weight excluding hydrogens is 368 g/mol. The normalized spacial score (nSPS) is 17.0.